The maximum Gasteiger partial charge on any atom is 0.268 e. The van der Waals surface area contributed by atoms with Crippen molar-refractivity contribution in [2.75, 3.05) is 11.4 Å². The lowest BCUT2D eigenvalue weighted by molar-refractivity contribution is -0.141. The number of aryl methyl sites for hydroxylation is 1. The third-order valence-corrected chi connectivity index (χ3v) is 7.65. The van der Waals surface area contributed by atoms with E-state index < -0.39 is 4.87 Å². The average molecular weight is 407 g/mol. The number of benzene rings is 2. The van der Waals surface area contributed by atoms with Crippen molar-refractivity contribution in [2.24, 2.45) is 5.92 Å². The number of hydrogen-bond acceptors (Lipinski definition) is 3. The predicted octanol–water partition coefficient (Wildman–Crippen LogP) is 4.46. The second-order valence-electron chi connectivity index (χ2n) is 9.10. The van der Waals surface area contributed by atoms with Crippen molar-refractivity contribution >= 4 is 29.3 Å². The quantitative estimate of drug-likeness (QED) is 0.756. The molecule has 2 aromatic rings. The molecule has 1 saturated carbocycles. The minimum atomic E-state index is -0.945. The zero-order chi connectivity index (χ0) is 20.4. The van der Waals surface area contributed by atoms with Gasteiger partial charge in [-0.15, -0.1) is 11.8 Å². The fourth-order valence-corrected chi connectivity index (χ4v) is 6.34. The SMILES string of the molecule is Cc1ccc2c(c1)[C@@]1(SC(C)(C)CN1C(=O)C1CC1)C(=O)N2Cc1ccccc1. The number of anilines is 1. The van der Waals surface area contributed by atoms with Gasteiger partial charge >= 0.3 is 0 Å². The summed E-state index contributed by atoms with van der Waals surface area (Å²) in [6, 6.07) is 16.3. The van der Waals surface area contributed by atoms with Crippen LogP contribution >= 0.6 is 11.8 Å². The third-order valence-electron chi connectivity index (χ3n) is 6.06. The summed E-state index contributed by atoms with van der Waals surface area (Å²) in [5.41, 5.74) is 4.11. The van der Waals surface area contributed by atoms with Gasteiger partial charge in [0, 0.05) is 22.8 Å². The van der Waals surface area contributed by atoms with Crippen molar-refractivity contribution in [3.05, 3.63) is 65.2 Å². The van der Waals surface area contributed by atoms with E-state index in [2.05, 4.69) is 32.9 Å². The Morgan fingerprint density at radius 2 is 1.86 bits per heavy atom. The van der Waals surface area contributed by atoms with Crippen molar-refractivity contribution in [3.8, 4) is 0 Å². The lowest BCUT2D eigenvalue weighted by Crippen LogP contribution is -2.50. The maximum absolute atomic E-state index is 14.1. The molecule has 2 heterocycles. The molecule has 3 aliphatic rings. The van der Waals surface area contributed by atoms with Crippen LogP contribution in [0.5, 0.6) is 0 Å². The Labute approximate surface area is 176 Å². The Kier molecular flexibility index (Phi) is 4.11. The summed E-state index contributed by atoms with van der Waals surface area (Å²) in [4.78, 5) is 30.2. The Balaban J connectivity index is 1.65. The number of nitrogens with zero attached hydrogens (tertiary/aromatic N) is 2. The molecule has 0 aromatic heterocycles. The van der Waals surface area contributed by atoms with Crippen LogP contribution in [0, 0.1) is 12.8 Å². The van der Waals surface area contributed by atoms with Crippen LogP contribution in [0.4, 0.5) is 5.69 Å². The van der Waals surface area contributed by atoms with Crippen molar-refractivity contribution in [1.82, 2.24) is 4.90 Å². The Bertz CT molecular complexity index is 999. The van der Waals surface area contributed by atoms with Gasteiger partial charge in [-0.25, -0.2) is 0 Å². The molecular formula is C24H26N2O2S. The summed E-state index contributed by atoms with van der Waals surface area (Å²) < 4.78 is -0.177. The molecule has 29 heavy (non-hydrogen) atoms. The summed E-state index contributed by atoms with van der Waals surface area (Å²) in [5.74, 6) is 0.252. The van der Waals surface area contributed by atoms with Gasteiger partial charge < -0.3 is 9.80 Å². The molecule has 0 N–H and O–H groups in total. The molecule has 1 aliphatic carbocycles. The van der Waals surface area contributed by atoms with Gasteiger partial charge in [-0.1, -0.05) is 48.0 Å². The number of carbonyl (C=O) groups is 2. The van der Waals surface area contributed by atoms with Crippen molar-refractivity contribution in [1.29, 1.82) is 0 Å². The van der Waals surface area contributed by atoms with Gasteiger partial charge in [0.15, 0.2) is 4.87 Å². The molecule has 5 rings (SSSR count). The van der Waals surface area contributed by atoms with Crippen molar-refractivity contribution in [3.63, 3.8) is 0 Å². The first-order valence-corrected chi connectivity index (χ1v) is 11.1. The molecule has 2 fully saturated rings. The van der Waals surface area contributed by atoms with Gasteiger partial charge in [0.1, 0.15) is 0 Å². The predicted molar refractivity (Wildman–Crippen MR) is 117 cm³/mol. The highest BCUT2D eigenvalue weighted by Crippen LogP contribution is 2.60. The second kappa shape index (κ2) is 6.36. The summed E-state index contributed by atoms with van der Waals surface area (Å²) in [6.07, 6.45) is 1.89. The molecule has 4 nitrogen and oxygen atoms in total. The number of hydrogen-bond donors (Lipinski definition) is 0. The Hall–Kier alpha value is -2.27. The average Bonchev–Trinajstić information content (AvgIpc) is 3.46. The molecule has 150 valence electrons. The fraction of sp³-hybridized carbons (Fsp3) is 0.417. The molecule has 1 spiro atoms. The summed E-state index contributed by atoms with van der Waals surface area (Å²) >= 11 is 1.65. The van der Waals surface area contributed by atoms with E-state index in [9.17, 15) is 9.59 Å². The van der Waals surface area contributed by atoms with Crippen LogP contribution in [0.1, 0.15) is 43.4 Å². The smallest absolute Gasteiger partial charge is 0.268 e. The van der Waals surface area contributed by atoms with Crippen LogP contribution in [-0.2, 0) is 21.0 Å². The van der Waals surface area contributed by atoms with E-state index in [0.29, 0.717) is 13.1 Å². The molecule has 1 atom stereocenters. The van der Waals surface area contributed by atoms with E-state index in [4.69, 9.17) is 0 Å². The van der Waals surface area contributed by atoms with Gasteiger partial charge in [0.25, 0.3) is 5.91 Å². The summed E-state index contributed by atoms with van der Waals surface area (Å²) in [7, 11) is 0. The van der Waals surface area contributed by atoms with E-state index in [1.165, 1.54) is 0 Å². The monoisotopic (exact) mass is 406 g/mol. The zero-order valence-corrected chi connectivity index (χ0v) is 18.0. The highest BCUT2D eigenvalue weighted by atomic mass is 32.2. The molecule has 0 radical (unpaired) electrons. The van der Waals surface area contributed by atoms with Gasteiger partial charge in [-0.3, -0.25) is 9.59 Å². The minimum Gasteiger partial charge on any atom is -0.314 e. The minimum absolute atomic E-state index is 0.0199. The normalized spacial score (nSPS) is 25.0. The Morgan fingerprint density at radius 1 is 1.14 bits per heavy atom. The standard InChI is InChI=1S/C24H26N2O2S/c1-16-9-12-20-19(13-16)24(22(28)25(20)14-17-7-5-4-6-8-17)26(15-23(2,3)29-24)21(27)18-10-11-18/h4-9,12-13,18H,10-11,14-15H2,1-3H3/t24-/m1/s1. The summed E-state index contributed by atoms with van der Waals surface area (Å²) in [5, 5.41) is 0. The van der Waals surface area contributed by atoms with Crippen LogP contribution in [0.3, 0.4) is 0 Å². The topological polar surface area (TPSA) is 40.6 Å². The van der Waals surface area contributed by atoms with Crippen molar-refractivity contribution in [2.45, 2.75) is 49.8 Å². The lowest BCUT2D eigenvalue weighted by Gasteiger charge is -2.33. The number of rotatable bonds is 3. The molecule has 2 aromatic carbocycles. The molecule has 2 amide bonds. The number of amides is 2. The number of carbonyl (C=O) groups excluding carboxylic acids is 2. The first-order valence-electron chi connectivity index (χ1n) is 10.3. The second-order valence-corrected chi connectivity index (χ2v) is 11.0. The van der Waals surface area contributed by atoms with E-state index in [-0.39, 0.29) is 22.5 Å². The number of fused-ring (bicyclic) bond motifs is 2. The first kappa shape index (κ1) is 18.7. The van der Waals surface area contributed by atoms with Crippen molar-refractivity contribution < 1.29 is 9.59 Å². The molecule has 5 heteroatoms. The highest BCUT2D eigenvalue weighted by Gasteiger charge is 2.64. The molecule has 0 unspecified atom stereocenters. The van der Waals surface area contributed by atoms with E-state index in [1.807, 2.05) is 46.2 Å². The van der Waals surface area contributed by atoms with Crippen LogP contribution in [-0.4, -0.2) is 28.0 Å². The van der Waals surface area contributed by atoms with Crippen LogP contribution < -0.4 is 4.90 Å². The van der Waals surface area contributed by atoms with Gasteiger partial charge in [-0.2, -0.15) is 0 Å². The van der Waals surface area contributed by atoms with Gasteiger partial charge in [0.05, 0.1) is 12.2 Å². The van der Waals surface area contributed by atoms with Crippen LogP contribution in [0.15, 0.2) is 48.5 Å². The molecule has 0 bridgehead atoms. The van der Waals surface area contributed by atoms with E-state index in [0.717, 1.165) is 35.2 Å². The van der Waals surface area contributed by atoms with E-state index >= 15 is 0 Å². The zero-order valence-electron chi connectivity index (χ0n) is 17.1. The largest absolute Gasteiger partial charge is 0.314 e. The molecule has 2 aliphatic heterocycles. The molecule has 1 saturated heterocycles. The number of thioether (sulfide) groups is 1. The fourth-order valence-electron chi connectivity index (χ4n) is 4.61. The first-order chi connectivity index (χ1) is 13.8. The van der Waals surface area contributed by atoms with Crippen LogP contribution in [0.25, 0.3) is 0 Å². The Morgan fingerprint density at radius 3 is 2.55 bits per heavy atom. The third kappa shape index (κ3) is 2.90. The lowest BCUT2D eigenvalue weighted by atomic mass is 10.0. The van der Waals surface area contributed by atoms with Crippen LogP contribution in [0.2, 0.25) is 0 Å². The molecular weight excluding hydrogens is 380 g/mol. The maximum atomic E-state index is 14.1. The van der Waals surface area contributed by atoms with Gasteiger partial charge in [-0.05, 0) is 45.2 Å². The van der Waals surface area contributed by atoms with E-state index in [1.54, 1.807) is 11.8 Å². The van der Waals surface area contributed by atoms with Gasteiger partial charge in [0.2, 0.25) is 5.91 Å². The highest BCUT2D eigenvalue weighted by molar-refractivity contribution is 8.02. The summed E-state index contributed by atoms with van der Waals surface area (Å²) in [6.45, 7) is 7.45.